The molecular weight excluding hydrogens is 218 g/mol. The lowest BCUT2D eigenvalue weighted by molar-refractivity contribution is -0.137. The first-order valence-electron chi connectivity index (χ1n) is 5.57. The highest BCUT2D eigenvalue weighted by Crippen LogP contribution is 2.14. The Balaban J connectivity index is 2.16. The highest BCUT2D eigenvalue weighted by Gasteiger charge is 2.11. The molecule has 17 heavy (non-hydrogen) atoms. The van der Waals surface area contributed by atoms with E-state index >= 15 is 0 Å². The number of carboxylic acids is 1. The molecule has 0 saturated heterocycles. The van der Waals surface area contributed by atoms with Crippen molar-refractivity contribution in [1.82, 2.24) is 15.0 Å². The normalized spacial score (nSPS) is 12.8. The Kier molecular flexibility index (Phi) is 3.08. The Morgan fingerprint density at radius 1 is 1.59 bits per heavy atom. The first-order valence-corrected chi connectivity index (χ1v) is 5.57. The lowest BCUT2D eigenvalue weighted by Gasteiger charge is -2.04. The van der Waals surface area contributed by atoms with Crippen LogP contribution in [-0.2, 0) is 11.2 Å². The smallest absolute Gasteiger partial charge is 0.303 e. The van der Waals surface area contributed by atoms with Crippen LogP contribution in [0.2, 0.25) is 0 Å². The van der Waals surface area contributed by atoms with Gasteiger partial charge in [-0.2, -0.15) is 0 Å². The van der Waals surface area contributed by atoms with Crippen molar-refractivity contribution in [2.75, 3.05) is 0 Å². The van der Waals surface area contributed by atoms with Crippen molar-refractivity contribution in [1.29, 1.82) is 0 Å². The molecule has 0 bridgehead atoms. The summed E-state index contributed by atoms with van der Waals surface area (Å²) in [4.78, 5) is 22.3. The molecule has 0 aromatic carbocycles. The first kappa shape index (κ1) is 11.6. The summed E-state index contributed by atoms with van der Waals surface area (Å²) in [6.45, 7) is 3.87. The van der Waals surface area contributed by atoms with Crippen molar-refractivity contribution in [3.8, 4) is 0 Å². The van der Waals surface area contributed by atoms with E-state index in [2.05, 4.69) is 15.0 Å². The number of hydrogen-bond acceptors (Lipinski definition) is 3. The predicted octanol–water partition coefficient (Wildman–Crippen LogP) is 1.92. The average molecular weight is 233 g/mol. The topological polar surface area (TPSA) is 78.9 Å². The van der Waals surface area contributed by atoms with Crippen LogP contribution in [0.1, 0.15) is 24.7 Å². The molecule has 0 aliphatic carbocycles. The number of fused-ring (bicyclic) bond motifs is 1. The van der Waals surface area contributed by atoms with E-state index < -0.39 is 5.97 Å². The van der Waals surface area contributed by atoms with Crippen molar-refractivity contribution < 1.29 is 9.90 Å². The number of aliphatic carboxylic acids is 1. The Labute approximate surface area is 98.9 Å². The van der Waals surface area contributed by atoms with Gasteiger partial charge in [-0.25, -0.2) is 9.97 Å². The molecule has 2 aromatic rings. The minimum atomic E-state index is -0.775. The van der Waals surface area contributed by atoms with Gasteiger partial charge in [0.15, 0.2) is 5.65 Å². The highest BCUT2D eigenvalue weighted by molar-refractivity contribution is 5.71. The van der Waals surface area contributed by atoms with Crippen LogP contribution in [0.3, 0.4) is 0 Å². The Hall–Kier alpha value is -1.91. The molecule has 0 fully saturated rings. The fourth-order valence-electron chi connectivity index (χ4n) is 1.85. The third-order valence-electron chi connectivity index (χ3n) is 2.59. The Morgan fingerprint density at radius 3 is 3.06 bits per heavy atom. The molecule has 2 rings (SSSR count). The molecule has 0 radical (unpaired) electrons. The van der Waals surface area contributed by atoms with Crippen molar-refractivity contribution in [2.24, 2.45) is 5.92 Å². The molecular formula is C12H15N3O2. The fourth-order valence-corrected chi connectivity index (χ4v) is 1.85. The second-order valence-electron chi connectivity index (χ2n) is 4.47. The molecule has 0 saturated carbocycles. The maximum absolute atomic E-state index is 10.6. The van der Waals surface area contributed by atoms with Crippen LogP contribution in [0, 0.1) is 12.8 Å². The molecule has 5 nitrogen and oxygen atoms in total. The molecule has 90 valence electrons. The number of rotatable bonds is 4. The lowest BCUT2D eigenvalue weighted by Crippen LogP contribution is -2.07. The zero-order valence-electron chi connectivity index (χ0n) is 9.90. The molecule has 2 heterocycles. The predicted molar refractivity (Wildman–Crippen MR) is 63.7 cm³/mol. The summed E-state index contributed by atoms with van der Waals surface area (Å²) in [6.07, 6.45) is 2.55. The van der Waals surface area contributed by atoms with E-state index in [1.54, 1.807) is 6.20 Å². The van der Waals surface area contributed by atoms with Crippen molar-refractivity contribution in [3.05, 3.63) is 23.7 Å². The molecule has 0 amide bonds. The van der Waals surface area contributed by atoms with Crippen LogP contribution in [0.25, 0.3) is 11.2 Å². The highest BCUT2D eigenvalue weighted by atomic mass is 16.4. The SMILES string of the molecule is Cc1cnc2nc(CC(C)CC(=O)O)[nH]c2c1. The summed E-state index contributed by atoms with van der Waals surface area (Å²) in [5, 5.41) is 8.70. The standard InChI is InChI=1S/C12H15N3O2/c1-7(5-11(16)17)4-10-14-9-3-8(2)6-13-12(9)15-10/h3,6-7H,4-5H2,1-2H3,(H,16,17)(H,13,14,15). The second-order valence-corrected chi connectivity index (χ2v) is 4.47. The minimum Gasteiger partial charge on any atom is -0.481 e. The van der Waals surface area contributed by atoms with Crippen molar-refractivity contribution in [3.63, 3.8) is 0 Å². The number of carboxylic acid groups (broad SMARTS) is 1. The van der Waals surface area contributed by atoms with Gasteiger partial charge < -0.3 is 10.1 Å². The average Bonchev–Trinajstić information content (AvgIpc) is 2.57. The van der Waals surface area contributed by atoms with E-state index in [1.807, 2.05) is 19.9 Å². The van der Waals surface area contributed by atoms with Gasteiger partial charge in [0.25, 0.3) is 0 Å². The van der Waals surface area contributed by atoms with Gasteiger partial charge in [-0.05, 0) is 24.5 Å². The zero-order valence-corrected chi connectivity index (χ0v) is 9.90. The molecule has 2 N–H and O–H groups in total. The van der Waals surface area contributed by atoms with Crippen LogP contribution in [0.15, 0.2) is 12.3 Å². The fraction of sp³-hybridized carbons (Fsp3) is 0.417. The van der Waals surface area contributed by atoms with E-state index in [0.717, 1.165) is 16.9 Å². The van der Waals surface area contributed by atoms with Gasteiger partial charge in [0.2, 0.25) is 0 Å². The maximum Gasteiger partial charge on any atom is 0.303 e. The van der Waals surface area contributed by atoms with E-state index in [4.69, 9.17) is 5.11 Å². The summed E-state index contributed by atoms with van der Waals surface area (Å²) in [6, 6.07) is 1.99. The number of imidazole rings is 1. The van der Waals surface area contributed by atoms with Crippen LogP contribution >= 0.6 is 0 Å². The maximum atomic E-state index is 10.6. The molecule has 1 atom stereocenters. The van der Waals surface area contributed by atoms with E-state index in [1.165, 1.54) is 0 Å². The van der Waals surface area contributed by atoms with Crippen LogP contribution in [0.5, 0.6) is 0 Å². The number of aromatic amines is 1. The van der Waals surface area contributed by atoms with Gasteiger partial charge in [-0.1, -0.05) is 6.92 Å². The molecule has 0 spiro atoms. The third kappa shape index (κ3) is 2.81. The number of carbonyl (C=O) groups is 1. The molecule has 1 unspecified atom stereocenters. The van der Waals surface area contributed by atoms with E-state index in [9.17, 15) is 4.79 Å². The quantitative estimate of drug-likeness (QED) is 0.845. The minimum absolute atomic E-state index is 0.0640. The summed E-state index contributed by atoms with van der Waals surface area (Å²) < 4.78 is 0. The summed E-state index contributed by atoms with van der Waals surface area (Å²) in [7, 11) is 0. The number of aromatic nitrogens is 3. The number of nitrogens with one attached hydrogen (secondary N) is 1. The lowest BCUT2D eigenvalue weighted by atomic mass is 10.0. The van der Waals surface area contributed by atoms with Crippen molar-refractivity contribution >= 4 is 17.1 Å². The Morgan fingerprint density at radius 2 is 2.35 bits per heavy atom. The van der Waals surface area contributed by atoms with E-state index in [0.29, 0.717) is 12.1 Å². The molecule has 5 heteroatoms. The molecule has 2 aromatic heterocycles. The van der Waals surface area contributed by atoms with Gasteiger partial charge in [-0.3, -0.25) is 4.79 Å². The number of hydrogen-bond donors (Lipinski definition) is 2. The number of pyridine rings is 1. The number of H-pyrrole nitrogens is 1. The van der Waals surface area contributed by atoms with Crippen LogP contribution in [-0.4, -0.2) is 26.0 Å². The Bertz CT molecular complexity index is 548. The first-order chi connectivity index (χ1) is 8.04. The summed E-state index contributed by atoms with van der Waals surface area (Å²) >= 11 is 0. The monoisotopic (exact) mass is 233 g/mol. The van der Waals surface area contributed by atoms with Crippen molar-refractivity contribution in [2.45, 2.75) is 26.7 Å². The van der Waals surface area contributed by atoms with Crippen LogP contribution < -0.4 is 0 Å². The summed E-state index contributed by atoms with van der Waals surface area (Å²) in [5.41, 5.74) is 2.67. The van der Waals surface area contributed by atoms with E-state index in [-0.39, 0.29) is 12.3 Å². The molecule has 0 aliphatic heterocycles. The third-order valence-corrected chi connectivity index (χ3v) is 2.59. The second kappa shape index (κ2) is 4.53. The largest absolute Gasteiger partial charge is 0.481 e. The van der Waals surface area contributed by atoms with Gasteiger partial charge in [-0.15, -0.1) is 0 Å². The molecule has 0 aliphatic rings. The van der Waals surface area contributed by atoms with Gasteiger partial charge in [0, 0.05) is 19.0 Å². The van der Waals surface area contributed by atoms with Gasteiger partial charge in [0.1, 0.15) is 5.82 Å². The summed E-state index contributed by atoms with van der Waals surface area (Å²) in [5.74, 6) is 0.0867. The van der Waals surface area contributed by atoms with Gasteiger partial charge >= 0.3 is 5.97 Å². The number of aryl methyl sites for hydroxylation is 1. The van der Waals surface area contributed by atoms with Crippen LogP contribution in [0.4, 0.5) is 0 Å². The number of nitrogens with zero attached hydrogens (tertiary/aromatic N) is 2. The van der Waals surface area contributed by atoms with Gasteiger partial charge in [0.05, 0.1) is 5.52 Å². The zero-order chi connectivity index (χ0) is 12.4.